The zero-order valence-electron chi connectivity index (χ0n) is 17.8. The topological polar surface area (TPSA) is 33.2 Å². The highest BCUT2D eigenvalue weighted by molar-refractivity contribution is 7.80. The first-order valence-electron chi connectivity index (χ1n) is 10.4. The van der Waals surface area contributed by atoms with Gasteiger partial charge >= 0.3 is 0 Å². The molecule has 0 spiro atoms. The lowest BCUT2D eigenvalue weighted by atomic mass is 9.89. The first-order chi connectivity index (χ1) is 14.1. The third-order valence-corrected chi connectivity index (χ3v) is 6.02. The summed E-state index contributed by atoms with van der Waals surface area (Å²) in [7, 11) is 0. The molecule has 0 atom stereocenters. The standard InChI is InChI=1S/C24H28F2N2OS/c1-16-11-17(2)27-21(12-16)15-23(30)28-9-7-18(8-10-28)13-22(29)19-5-4-6-20(14-19)24(3,25)26/h4-6,11-12,14,18H,7-10,13,15H2,1-3H3. The molecule has 0 saturated carbocycles. The van der Waals surface area contributed by atoms with E-state index in [4.69, 9.17) is 12.2 Å². The molecule has 0 radical (unpaired) electrons. The fraction of sp³-hybridized carbons (Fsp3) is 0.458. The predicted molar refractivity (Wildman–Crippen MR) is 119 cm³/mol. The number of carbonyl (C=O) groups is 1. The van der Waals surface area contributed by atoms with Gasteiger partial charge < -0.3 is 4.90 Å². The molecule has 1 aliphatic rings. The number of ketones is 1. The molecule has 0 N–H and O–H groups in total. The van der Waals surface area contributed by atoms with Crippen molar-refractivity contribution in [3.8, 4) is 0 Å². The molecule has 3 rings (SSSR count). The SMILES string of the molecule is Cc1cc(C)nc(CC(=S)N2CCC(CC(=O)c3cccc(C(C)(F)F)c3)CC2)c1. The predicted octanol–water partition coefficient (Wildman–Crippen LogP) is 5.67. The summed E-state index contributed by atoms with van der Waals surface area (Å²) in [5, 5.41) is 0. The van der Waals surface area contributed by atoms with E-state index in [0.717, 1.165) is 49.2 Å². The zero-order valence-corrected chi connectivity index (χ0v) is 18.6. The molecule has 2 aromatic rings. The second-order valence-electron chi connectivity index (χ2n) is 8.37. The molecule has 160 valence electrons. The van der Waals surface area contributed by atoms with Crippen molar-refractivity contribution in [2.75, 3.05) is 13.1 Å². The Labute approximate surface area is 182 Å². The van der Waals surface area contributed by atoms with Crippen LogP contribution in [-0.4, -0.2) is 33.7 Å². The molecular weight excluding hydrogens is 402 g/mol. The first-order valence-corrected chi connectivity index (χ1v) is 10.8. The van der Waals surface area contributed by atoms with Gasteiger partial charge in [-0.05, 0) is 56.4 Å². The number of carbonyl (C=O) groups excluding carboxylic acids is 1. The van der Waals surface area contributed by atoms with E-state index in [9.17, 15) is 13.6 Å². The molecule has 1 fully saturated rings. The van der Waals surface area contributed by atoms with Crippen molar-refractivity contribution in [1.82, 2.24) is 9.88 Å². The van der Waals surface area contributed by atoms with Gasteiger partial charge in [-0.25, -0.2) is 8.78 Å². The van der Waals surface area contributed by atoms with Crippen LogP contribution in [0.4, 0.5) is 8.78 Å². The third kappa shape index (κ3) is 5.91. The smallest absolute Gasteiger partial charge is 0.270 e. The van der Waals surface area contributed by atoms with Crippen LogP contribution in [0.1, 0.15) is 59.1 Å². The monoisotopic (exact) mass is 430 g/mol. The lowest BCUT2D eigenvalue weighted by molar-refractivity contribution is 0.0174. The molecule has 1 aromatic heterocycles. The highest BCUT2D eigenvalue weighted by Gasteiger charge is 2.27. The van der Waals surface area contributed by atoms with Crippen molar-refractivity contribution in [1.29, 1.82) is 0 Å². The quantitative estimate of drug-likeness (QED) is 0.437. The van der Waals surface area contributed by atoms with Gasteiger partial charge in [-0.3, -0.25) is 9.78 Å². The molecule has 1 saturated heterocycles. The summed E-state index contributed by atoms with van der Waals surface area (Å²) in [5.41, 5.74) is 3.42. The number of hydrogen-bond donors (Lipinski definition) is 0. The summed E-state index contributed by atoms with van der Waals surface area (Å²) in [6, 6.07) is 9.95. The van der Waals surface area contributed by atoms with Crippen molar-refractivity contribution in [2.45, 2.75) is 52.4 Å². The number of aryl methyl sites for hydroxylation is 2. The maximum Gasteiger partial charge on any atom is 0.270 e. The Balaban J connectivity index is 1.53. The van der Waals surface area contributed by atoms with Gasteiger partial charge in [0.15, 0.2) is 5.78 Å². The van der Waals surface area contributed by atoms with Gasteiger partial charge in [-0.2, -0.15) is 0 Å². The second-order valence-corrected chi connectivity index (χ2v) is 8.85. The molecule has 1 aromatic carbocycles. The number of rotatable bonds is 6. The van der Waals surface area contributed by atoms with Crippen molar-refractivity contribution in [3.63, 3.8) is 0 Å². The van der Waals surface area contributed by atoms with E-state index >= 15 is 0 Å². The number of pyridine rings is 1. The fourth-order valence-corrected chi connectivity index (χ4v) is 4.35. The summed E-state index contributed by atoms with van der Waals surface area (Å²) in [6.45, 7) is 6.52. The summed E-state index contributed by atoms with van der Waals surface area (Å²) < 4.78 is 27.1. The Bertz CT molecular complexity index is 911. The number of piperidine rings is 1. The van der Waals surface area contributed by atoms with Crippen LogP contribution in [0.25, 0.3) is 0 Å². The molecule has 1 aliphatic heterocycles. The largest absolute Gasteiger partial charge is 0.366 e. The van der Waals surface area contributed by atoms with Crippen molar-refractivity contribution >= 4 is 23.0 Å². The minimum absolute atomic E-state index is 0.0680. The Morgan fingerprint density at radius 3 is 2.53 bits per heavy atom. The van der Waals surface area contributed by atoms with Crippen LogP contribution in [-0.2, 0) is 12.3 Å². The molecular formula is C24H28F2N2OS. The number of benzene rings is 1. The summed E-state index contributed by atoms with van der Waals surface area (Å²) in [6.07, 6.45) is 2.78. The number of Topliss-reactive ketones (excluding diaryl/α,β-unsaturated/α-hetero) is 1. The molecule has 0 bridgehead atoms. The van der Waals surface area contributed by atoms with Gasteiger partial charge in [0.2, 0.25) is 0 Å². The van der Waals surface area contributed by atoms with E-state index in [1.807, 2.05) is 13.0 Å². The molecule has 3 nitrogen and oxygen atoms in total. The van der Waals surface area contributed by atoms with E-state index in [1.54, 1.807) is 6.07 Å². The Hall–Kier alpha value is -2.21. The molecule has 0 aliphatic carbocycles. The minimum Gasteiger partial charge on any atom is -0.366 e. The van der Waals surface area contributed by atoms with Crippen LogP contribution in [0.3, 0.4) is 0 Å². The Kier molecular flexibility index (Phi) is 6.96. The third-order valence-electron chi connectivity index (χ3n) is 5.62. The zero-order chi connectivity index (χ0) is 21.9. The van der Waals surface area contributed by atoms with Gasteiger partial charge in [-0.1, -0.05) is 30.4 Å². The highest BCUT2D eigenvalue weighted by Crippen LogP contribution is 2.29. The van der Waals surface area contributed by atoms with Crippen LogP contribution in [0.15, 0.2) is 36.4 Å². The molecule has 0 amide bonds. The van der Waals surface area contributed by atoms with E-state index < -0.39 is 5.92 Å². The van der Waals surface area contributed by atoms with Crippen LogP contribution in [0.5, 0.6) is 0 Å². The Morgan fingerprint density at radius 2 is 1.90 bits per heavy atom. The number of hydrogen-bond acceptors (Lipinski definition) is 3. The number of thiocarbonyl (C=S) groups is 1. The van der Waals surface area contributed by atoms with Crippen LogP contribution in [0, 0.1) is 19.8 Å². The molecule has 0 unspecified atom stereocenters. The average Bonchev–Trinajstić information content (AvgIpc) is 2.67. The maximum atomic E-state index is 13.5. The number of nitrogens with zero attached hydrogens (tertiary/aromatic N) is 2. The van der Waals surface area contributed by atoms with E-state index in [1.165, 1.54) is 23.8 Å². The number of alkyl halides is 2. The Morgan fingerprint density at radius 1 is 1.20 bits per heavy atom. The van der Waals surface area contributed by atoms with Crippen molar-refractivity contribution in [2.24, 2.45) is 5.92 Å². The molecule has 2 heterocycles. The van der Waals surface area contributed by atoms with Gasteiger partial charge in [-0.15, -0.1) is 0 Å². The van der Waals surface area contributed by atoms with Gasteiger partial charge in [0.25, 0.3) is 5.92 Å². The summed E-state index contributed by atoms with van der Waals surface area (Å²) in [4.78, 5) is 20.3. The summed E-state index contributed by atoms with van der Waals surface area (Å²) >= 11 is 5.64. The maximum absolute atomic E-state index is 13.5. The van der Waals surface area contributed by atoms with Crippen LogP contribution in [0.2, 0.25) is 0 Å². The van der Waals surface area contributed by atoms with Crippen molar-refractivity contribution < 1.29 is 13.6 Å². The minimum atomic E-state index is -2.94. The number of likely N-dealkylation sites (tertiary alicyclic amines) is 1. The second kappa shape index (κ2) is 9.29. The highest BCUT2D eigenvalue weighted by atomic mass is 32.1. The lowest BCUT2D eigenvalue weighted by Gasteiger charge is -2.33. The lowest BCUT2D eigenvalue weighted by Crippen LogP contribution is -2.39. The van der Waals surface area contributed by atoms with Gasteiger partial charge in [0.05, 0.1) is 4.99 Å². The molecule has 30 heavy (non-hydrogen) atoms. The van der Waals surface area contributed by atoms with Crippen LogP contribution >= 0.6 is 12.2 Å². The number of aromatic nitrogens is 1. The van der Waals surface area contributed by atoms with E-state index in [0.29, 0.717) is 18.4 Å². The molecule has 6 heteroatoms. The van der Waals surface area contributed by atoms with Gasteiger partial charge in [0, 0.05) is 55.4 Å². The van der Waals surface area contributed by atoms with Crippen molar-refractivity contribution in [3.05, 3.63) is 64.5 Å². The van der Waals surface area contributed by atoms with Gasteiger partial charge in [0.1, 0.15) is 0 Å². The van der Waals surface area contributed by atoms with Crippen LogP contribution < -0.4 is 0 Å². The summed E-state index contributed by atoms with van der Waals surface area (Å²) in [5.74, 6) is -2.76. The normalized spacial score (nSPS) is 15.3. The van der Waals surface area contributed by atoms with E-state index in [2.05, 4.69) is 22.9 Å². The van der Waals surface area contributed by atoms with E-state index in [-0.39, 0.29) is 17.3 Å². The average molecular weight is 431 g/mol. The number of halogens is 2. The first kappa shape index (κ1) is 22.5. The fourth-order valence-electron chi connectivity index (χ4n) is 4.01.